The lowest BCUT2D eigenvalue weighted by Crippen LogP contribution is -2.14. The van der Waals surface area contributed by atoms with Crippen LogP contribution in [0.2, 0.25) is 0 Å². The van der Waals surface area contributed by atoms with E-state index in [2.05, 4.69) is 30.5 Å². The Kier molecular flexibility index (Phi) is 3.00. The number of anilines is 1. The number of H-pyrrole nitrogens is 2. The van der Waals surface area contributed by atoms with Gasteiger partial charge in [0.25, 0.3) is 5.56 Å². The van der Waals surface area contributed by atoms with Crippen LogP contribution in [0.15, 0.2) is 16.4 Å². The van der Waals surface area contributed by atoms with Crippen molar-refractivity contribution in [2.24, 2.45) is 0 Å². The smallest absolute Gasteiger partial charge is 0.263 e. The summed E-state index contributed by atoms with van der Waals surface area (Å²) < 4.78 is 0. The summed E-state index contributed by atoms with van der Waals surface area (Å²) in [5.74, 6) is 0.439. The number of nitrogens with one attached hydrogen (secondary N) is 3. The van der Waals surface area contributed by atoms with Gasteiger partial charge in [-0.25, -0.2) is 4.98 Å². The highest BCUT2D eigenvalue weighted by Gasteiger charge is 2.05. The molecule has 0 fully saturated rings. The predicted octanol–water partition coefficient (Wildman–Crippen LogP) is 1.07. The Balaban J connectivity index is 1.69. The van der Waals surface area contributed by atoms with E-state index in [0.29, 0.717) is 23.5 Å². The summed E-state index contributed by atoms with van der Waals surface area (Å²) in [6.45, 7) is 2.64. The summed E-state index contributed by atoms with van der Waals surface area (Å²) in [5.41, 5.74) is 1.32. The highest BCUT2D eigenvalue weighted by atomic mass is 32.1. The van der Waals surface area contributed by atoms with Gasteiger partial charge in [0.2, 0.25) is 5.95 Å². The third kappa shape index (κ3) is 2.48. The molecule has 0 unspecified atom stereocenters. The van der Waals surface area contributed by atoms with Crippen molar-refractivity contribution in [2.45, 2.75) is 13.3 Å². The number of thiazole rings is 1. The Bertz CT molecular complexity index is 758. The fourth-order valence-corrected chi connectivity index (χ4v) is 2.41. The van der Waals surface area contributed by atoms with Gasteiger partial charge in [-0.3, -0.25) is 14.9 Å². The molecule has 0 aliphatic carbocycles. The van der Waals surface area contributed by atoms with Crippen molar-refractivity contribution in [3.63, 3.8) is 0 Å². The van der Waals surface area contributed by atoms with Gasteiger partial charge in [0, 0.05) is 18.3 Å². The molecule has 3 N–H and O–H groups in total. The second kappa shape index (κ2) is 4.81. The van der Waals surface area contributed by atoms with Crippen LogP contribution in [-0.2, 0) is 6.42 Å². The predicted molar refractivity (Wildman–Crippen MR) is 73.6 cm³/mol. The third-order valence-corrected chi connectivity index (χ3v) is 3.48. The van der Waals surface area contributed by atoms with Gasteiger partial charge in [0.1, 0.15) is 5.39 Å². The Morgan fingerprint density at radius 3 is 3.11 bits per heavy atom. The fourth-order valence-electron chi connectivity index (χ4n) is 1.76. The van der Waals surface area contributed by atoms with Crippen molar-refractivity contribution in [1.82, 2.24) is 25.1 Å². The number of rotatable bonds is 4. The molecule has 8 heteroatoms. The molecule has 19 heavy (non-hydrogen) atoms. The lowest BCUT2D eigenvalue weighted by atomic mass is 10.3. The van der Waals surface area contributed by atoms with Crippen LogP contribution in [0.25, 0.3) is 11.0 Å². The van der Waals surface area contributed by atoms with E-state index in [0.717, 1.165) is 17.1 Å². The lowest BCUT2D eigenvalue weighted by molar-refractivity contribution is 0.946. The van der Waals surface area contributed by atoms with Gasteiger partial charge in [0.15, 0.2) is 5.65 Å². The van der Waals surface area contributed by atoms with Crippen molar-refractivity contribution in [2.75, 3.05) is 11.9 Å². The molecule has 0 saturated heterocycles. The number of nitrogens with zero attached hydrogens (tertiary/aromatic N) is 3. The maximum absolute atomic E-state index is 11.7. The van der Waals surface area contributed by atoms with Gasteiger partial charge in [-0.1, -0.05) is 0 Å². The standard InChI is InChI=1S/C11H12N6OS/c1-6-14-7(5-19-6)2-3-12-11-15-9-8(4-13-17-9)10(18)16-11/h4-5H,2-3H2,1H3,(H3,12,13,15,16,17,18). The maximum Gasteiger partial charge on any atom is 0.263 e. The first-order valence-electron chi connectivity index (χ1n) is 5.80. The van der Waals surface area contributed by atoms with Crippen LogP contribution in [0, 0.1) is 6.92 Å². The van der Waals surface area contributed by atoms with E-state index in [4.69, 9.17) is 0 Å². The molecular formula is C11H12N6OS. The Morgan fingerprint density at radius 1 is 1.42 bits per heavy atom. The molecule has 3 rings (SSSR count). The third-order valence-electron chi connectivity index (χ3n) is 2.66. The van der Waals surface area contributed by atoms with Crippen LogP contribution in [0.4, 0.5) is 5.95 Å². The van der Waals surface area contributed by atoms with E-state index in [1.165, 1.54) is 6.20 Å². The van der Waals surface area contributed by atoms with Gasteiger partial charge >= 0.3 is 0 Å². The van der Waals surface area contributed by atoms with Crippen LogP contribution in [-0.4, -0.2) is 31.7 Å². The first kappa shape index (κ1) is 11.8. The Morgan fingerprint density at radius 2 is 2.32 bits per heavy atom. The van der Waals surface area contributed by atoms with E-state index in [9.17, 15) is 4.79 Å². The zero-order valence-electron chi connectivity index (χ0n) is 10.2. The first-order chi connectivity index (χ1) is 9.22. The summed E-state index contributed by atoms with van der Waals surface area (Å²) in [6.07, 6.45) is 2.25. The van der Waals surface area contributed by atoms with Crippen molar-refractivity contribution in [3.8, 4) is 0 Å². The Hall–Kier alpha value is -2.22. The SMILES string of the molecule is Cc1nc(CCNc2nc3[nH]ncc3c(=O)[nH]2)cs1. The summed E-state index contributed by atoms with van der Waals surface area (Å²) in [5, 5.41) is 13.1. The van der Waals surface area contributed by atoms with Crippen molar-refractivity contribution in [3.05, 3.63) is 32.6 Å². The maximum atomic E-state index is 11.7. The number of fused-ring (bicyclic) bond motifs is 1. The number of aromatic amines is 2. The number of hydrogen-bond acceptors (Lipinski definition) is 6. The zero-order chi connectivity index (χ0) is 13.2. The van der Waals surface area contributed by atoms with Crippen molar-refractivity contribution < 1.29 is 0 Å². The van der Waals surface area contributed by atoms with Gasteiger partial charge in [-0.15, -0.1) is 11.3 Å². The van der Waals surface area contributed by atoms with E-state index < -0.39 is 0 Å². The minimum Gasteiger partial charge on any atom is -0.355 e. The molecule has 0 atom stereocenters. The van der Waals surface area contributed by atoms with E-state index in [-0.39, 0.29) is 5.56 Å². The topological polar surface area (TPSA) is 99.3 Å². The average molecular weight is 276 g/mol. The summed E-state index contributed by atoms with van der Waals surface area (Å²) in [4.78, 5) is 23.0. The average Bonchev–Trinajstić information content (AvgIpc) is 2.98. The second-order valence-corrected chi connectivity index (χ2v) is 5.14. The summed E-state index contributed by atoms with van der Waals surface area (Å²) in [7, 11) is 0. The molecule has 0 aromatic carbocycles. The largest absolute Gasteiger partial charge is 0.355 e. The van der Waals surface area contributed by atoms with E-state index in [1.54, 1.807) is 11.3 Å². The highest BCUT2D eigenvalue weighted by Crippen LogP contribution is 2.09. The highest BCUT2D eigenvalue weighted by molar-refractivity contribution is 7.09. The molecule has 0 spiro atoms. The molecule has 0 aliphatic heterocycles. The zero-order valence-corrected chi connectivity index (χ0v) is 11.0. The van der Waals surface area contributed by atoms with Gasteiger partial charge in [-0.05, 0) is 6.92 Å². The monoisotopic (exact) mass is 276 g/mol. The molecule has 3 heterocycles. The molecule has 0 radical (unpaired) electrons. The van der Waals surface area contributed by atoms with Crippen molar-refractivity contribution >= 4 is 28.3 Å². The Labute approximate surface area is 112 Å². The van der Waals surface area contributed by atoms with E-state index in [1.807, 2.05) is 12.3 Å². The summed E-state index contributed by atoms with van der Waals surface area (Å²) in [6, 6.07) is 0. The molecule has 3 aromatic rings. The molecule has 0 bridgehead atoms. The molecular weight excluding hydrogens is 264 g/mol. The second-order valence-electron chi connectivity index (χ2n) is 4.08. The molecule has 98 valence electrons. The van der Waals surface area contributed by atoms with Crippen LogP contribution in [0.3, 0.4) is 0 Å². The van der Waals surface area contributed by atoms with E-state index >= 15 is 0 Å². The summed E-state index contributed by atoms with van der Waals surface area (Å²) >= 11 is 1.63. The van der Waals surface area contributed by atoms with Gasteiger partial charge in [0.05, 0.1) is 16.9 Å². The quantitative estimate of drug-likeness (QED) is 0.662. The number of aromatic nitrogens is 5. The van der Waals surface area contributed by atoms with Crippen LogP contribution in [0.1, 0.15) is 10.7 Å². The fraction of sp³-hybridized carbons (Fsp3) is 0.273. The lowest BCUT2D eigenvalue weighted by Gasteiger charge is -2.03. The number of hydrogen-bond donors (Lipinski definition) is 3. The van der Waals surface area contributed by atoms with Crippen LogP contribution < -0.4 is 10.9 Å². The molecule has 7 nitrogen and oxygen atoms in total. The first-order valence-corrected chi connectivity index (χ1v) is 6.68. The molecule has 0 aliphatic rings. The number of aryl methyl sites for hydroxylation is 1. The minimum absolute atomic E-state index is 0.203. The van der Waals surface area contributed by atoms with Crippen LogP contribution >= 0.6 is 11.3 Å². The molecule has 0 amide bonds. The minimum atomic E-state index is -0.203. The molecule has 3 aromatic heterocycles. The van der Waals surface area contributed by atoms with Gasteiger partial charge in [-0.2, -0.15) is 10.1 Å². The van der Waals surface area contributed by atoms with Crippen molar-refractivity contribution in [1.29, 1.82) is 0 Å². The van der Waals surface area contributed by atoms with Gasteiger partial charge < -0.3 is 5.32 Å². The normalized spacial score (nSPS) is 11.0. The molecule has 0 saturated carbocycles. The van der Waals surface area contributed by atoms with Crippen LogP contribution in [0.5, 0.6) is 0 Å².